The van der Waals surface area contributed by atoms with Crippen LogP contribution >= 0.6 is 0 Å². The van der Waals surface area contributed by atoms with Gasteiger partial charge in [0.05, 0.1) is 32.3 Å². The van der Waals surface area contributed by atoms with Crippen LogP contribution in [0.5, 0.6) is 0 Å². The molecule has 0 amide bonds. The maximum absolute atomic E-state index is 10.8. The molecule has 0 heterocycles. The van der Waals surface area contributed by atoms with Gasteiger partial charge in [-0.15, -0.1) is 0 Å². The van der Waals surface area contributed by atoms with E-state index >= 15 is 0 Å². The van der Waals surface area contributed by atoms with Gasteiger partial charge in [0.2, 0.25) is 0 Å². The molecule has 4 N–H and O–H groups in total. The summed E-state index contributed by atoms with van der Waals surface area (Å²) in [5.41, 5.74) is 0. The molecule has 0 bridgehead atoms. The number of carboxylic acid groups (broad SMARTS) is 4. The first-order chi connectivity index (χ1) is 9.67. The van der Waals surface area contributed by atoms with Crippen LogP contribution in [0.3, 0.4) is 0 Å². The number of aliphatic carboxylic acids is 4. The fraction of sp³-hybridized carbons (Fsp3) is 0.636. The monoisotopic (exact) mass is 306 g/mol. The molecular weight excluding hydrogens is 288 g/mol. The van der Waals surface area contributed by atoms with Crippen LogP contribution in [0.1, 0.15) is 13.3 Å². The Balaban J connectivity index is 5.27. The first kappa shape index (κ1) is 18.8. The summed E-state index contributed by atoms with van der Waals surface area (Å²) >= 11 is 0. The van der Waals surface area contributed by atoms with Crippen LogP contribution in [0, 0.1) is 0 Å². The summed E-state index contributed by atoms with van der Waals surface area (Å²) in [5.74, 6) is -5.17. The Morgan fingerprint density at radius 2 is 0.952 bits per heavy atom. The highest BCUT2D eigenvalue weighted by Crippen LogP contribution is 2.10. The van der Waals surface area contributed by atoms with Crippen molar-refractivity contribution in [1.82, 2.24) is 9.80 Å². The molecule has 0 atom stereocenters. The molecule has 0 aromatic heterocycles. The van der Waals surface area contributed by atoms with E-state index < -0.39 is 56.2 Å². The van der Waals surface area contributed by atoms with Crippen LogP contribution in [-0.4, -0.2) is 86.4 Å². The molecule has 0 saturated heterocycles. The molecule has 0 aliphatic rings. The summed E-state index contributed by atoms with van der Waals surface area (Å²) in [7, 11) is 0. The Hall–Kier alpha value is -2.20. The van der Waals surface area contributed by atoms with Crippen molar-refractivity contribution in [3.05, 3.63) is 0 Å². The van der Waals surface area contributed by atoms with Crippen molar-refractivity contribution in [1.29, 1.82) is 0 Å². The second-order valence-electron chi connectivity index (χ2n) is 4.27. The number of carbonyl (C=O) groups is 4. The maximum atomic E-state index is 10.8. The molecule has 0 aromatic carbocycles. The summed E-state index contributed by atoms with van der Waals surface area (Å²) in [4.78, 5) is 45.2. The topological polar surface area (TPSA) is 156 Å². The van der Waals surface area contributed by atoms with Gasteiger partial charge in [-0.2, -0.15) is 0 Å². The lowest BCUT2D eigenvalue weighted by atomic mass is 10.2. The second-order valence-corrected chi connectivity index (χ2v) is 4.27. The molecule has 0 rings (SSSR count). The van der Waals surface area contributed by atoms with Gasteiger partial charge in [0.25, 0.3) is 0 Å². The Morgan fingerprint density at radius 1 is 0.714 bits per heavy atom. The van der Waals surface area contributed by atoms with E-state index in [9.17, 15) is 19.2 Å². The largest absolute Gasteiger partial charge is 0.480 e. The summed E-state index contributed by atoms with van der Waals surface area (Å²) in [6.45, 7) is -0.972. The molecule has 0 fully saturated rings. The predicted octanol–water partition coefficient (Wildman–Crippen LogP) is -1.34. The third-order valence-electron chi connectivity index (χ3n) is 2.56. The first-order valence-electron chi connectivity index (χ1n) is 6.02. The Bertz CT molecular complexity index is 343. The Morgan fingerprint density at radius 3 is 1.10 bits per heavy atom. The van der Waals surface area contributed by atoms with Crippen LogP contribution in [-0.2, 0) is 19.2 Å². The molecule has 0 spiro atoms. The van der Waals surface area contributed by atoms with Crippen molar-refractivity contribution >= 4 is 23.9 Å². The molecular formula is C11H18N2O8. The van der Waals surface area contributed by atoms with E-state index in [-0.39, 0.29) is 6.42 Å². The highest BCUT2D eigenvalue weighted by molar-refractivity contribution is 5.74. The summed E-state index contributed by atoms with van der Waals surface area (Å²) in [5, 5.41) is 35.2. The average molecular weight is 306 g/mol. The number of rotatable bonds is 11. The minimum Gasteiger partial charge on any atom is -0.480 e. The zero-order valence-electron chi connectivity index (χ0n) is 11.4. The Kier molecular flexibility index (Phi) is 7.94. The third kappa shape index (κ3) is 7.84. The van der Waals surface area contributed by atoms with E-state index in [0.717, 1.165) is 9.80 Å². The third-order valence-corrected chi connectivity index (χ3v) is 2.56. The summed E-state index contributed by atoms with van der Waals surface area (Å²) in [6.07, 6.45) is -0.759. The number of hydrogen-bond donors (Lipinski definition) is 4. The van der Waals surface area contributed by atoms with Gasteiger partial charge < -0.3 is 20.4 Å². The van der Waals surface area contributed by atoms with Crippen LogP contribution in [0.25, 0.3) is 0 Å². The van der Waals surface area contributed by atoms with Crippen molar-refractivity contribution in [2.75, 3.05) is 26.2 Å². The van der Waals surface area contributed by atoms with Crippen molar-refractivity contribution in [3.8, 4) is 0 Å². The van der Waals surface area contributed by atoms with E-state index in [4.69, 9.17) is 20.4 Å². The number of carboxylic acids is 4. The molecule has 0 unspecified atom stereocenters. The Labute approximate surface area is 120 Å². The van der Waals surface area contributed by atoms with Crippen molar-refractivity contribution < 1.29 is 39.6 Å². The van der Waals surface area contributed by atoms with E-state index in [1.54, 1.807) is 6.92 Å². The van der Waals surface area contributed by atoms with E-state index in [0.29, 0.717) is 0 Å². The molecule has 0 aromatic rings. The molecule has 10 nitrogen and oxygen atoms in total. The minimum absolute atomic E-state index is 0.168. The fourth-order valence-corrected chi connectivity index (χ4v) is 1.98. The van der Waals surface area contributed by atoms with Gasteiger partial charge in [-0.05, 0) is 6.42 Å². The highest BCUT2D eigenvalue weighted by Gasteiger charge is 2.29. The van der Waals surface area contributed by atoms with Gasteiger partial charge in [-0.3, -0.25) is 29.0 Å². The van der Waals surface area contributed by atoms with E-state index in [2.05, 4.69) is 0 Å². The summed E-state index contributed by atoms with van der Waals surface area (Å²) < 4.78 is 0. The number of hydrogen-bond acceptors (Lipinski definition) is 6. The second kappa shape index (κ2) is 8.87. The standard InChI is InChI=1S/C11H18N2O8/c1-2-7(12(3-8(14)15)4-9(16)17)13(5-10(18)19)6-11(20)21/h7H,2-6H2,1H3,(H,14,15)(H,16,17)(H,18,19)(H,20,21). The van der Waals surface area contributed by atoms with Gasteiger partial charge in [-0.1, -0.05) is 6.92 Å². The zero-order valence-corrected chi connectivity index (χ0v) is 11.4. The van der Waals surface area contributed by atoms with Crippen molar-refractivity contribution in [2.24, 2.45) is 0 Å². The van der Waals surface area contributed by atoms with E-state index in [1.165, 1.54) is 0 Å². The van der Waals surface area contributed by atoms with Crippen molar-refractivity contribution in [2.45, 2.75) is 19.5 Å². The summed E-state index contributed by atoms with van der Waals surface area (Å²) in [6, 6.07) is 0. The fourth-order valence-electron chi connectivity index (χ4n) is 1.98. The van der Waals surface area contributed by atoms with E-state index in [1.807, 2.05) is 0 Å². The van der Waals surface area contributed by atoms with Gasteiger partial charge in [0.1, 0.15) is 0 Å². The van der Waals surface area contributed by atoms with Crippen molar-refractivity contribution in [3.63, 3.8) is 0 Å². The van der Waals surface area contributed by atoms with Gasteiger partial charge in [-0.25, -0.2) is 0 Å². The molecule has 21 heavy (non-hydrogen) atoms. The molecule has 0 aliphatic heterocycles. The van der Waals surface area contributed by atoms with Crippen LogP contribution in [0.2, 0.25) is 0 Å². The lowest BCUT2D eigenvalue weighted by Crippen LogP contribution is -2.54. The molecule has 120 valence electrons. The molecule has 0 aliphatic carbocycles. The normalized spacial score (nSPS) is 11.0. The van der Waals surface area contributed by atoms with Crippen LogP contribution < -0.4 is 0 Å². The molecule has 0 radical (unpaired) electrons. The van der Waals surface area contributed by atoms with Gasteiger partial charge >= 0.3 is 23.9 Å². The predicted molar refractivity (Wildman–Crippen MR) is 67.8 cm³/mol. The highest BCUT2D eigenvalue weighted by atomic mass is 16.4. The SMILES string of the molecule is CCC(N(CC(=O)O)CC(=O)O)N(CC(=O)O)CC(=O)O. The number of nitrogens with zero attached hydrogens (tertiary/aromatic N) is 2. The van der Waals surface area contributed by atoms with Crippen LogP contribution in [0.4, 0.5) is 0 Å². The first-order valence-corrected chi connectivity index (χ1v) is 6.02. The van der Waals surface area contributed by atoms with Gasteiger partial charge in [0.15, 0.2) is 0 Å². The smallest absolute Gasteiger partial charge is 0.317 e. The lowest BCUT2D eigenvalue weighted by Gasteiger charge is -2.36. The maximum Gasteiger partial charge on any atom is 0.317 e. The zero-order chi connectivity index (χ0) is 16.6. The van der Waals surface area contributed by atoms with Gasteiger partial charge in [0, 0.05) is 0 Å². The van der Waals surface area contributed by atoms with Crippen LogP contribution in [0.15, 0.2) is 0 Å². The minimum atomic E-state index is -1.29. The quantitative estimate of drug-likeness (QED) is 0.337. The lowest BCUT2D eigenvalue weighted by molar-refractivity contribution is -0.148. The molecule has 0 saturated carbocycles. The molecule has 10 heteroatoms. The average Bonchev–Trinajstić information content (AvgIpc) is 2.25.